The summed E-state index contributed by atoms with van der Waals surface area (Å²) in [6.45, 7) is 7.43. The molecule has 3 nitrogen and oxygen atoms in total. The number of carbonyl (C=O) groups is 1. The Labute approximate surface area is 165 Å². The van der Waals surface area contributed by atoms with Crippen molar-refractivity contribution in [2.75, 3.05) is 0 Å². The van der Waals surface area contributed by atoms with Crippen molar-refractivity contribution >= 4 is 5.97 Å². The Balaban J connectivity index is 1.51. The van der Waals surface area contributed by atoms with Gasteiger partial charge < -0.3 is 10.2 Å². The Morgan fingerprint density at radius 1 is 1.00 bits per heavy atom. The molecule has 0 aromatic rings. The van der Waals surface area contributed by atoms with Crippen LogP contribution in [0.5, 0.6) is 0 Å². The maximum Gasteiger partial charge on any atom is 0.303 e. The van der Waals surface area contributed by atoms with Crippen molar-refractivity contribution in [3.05, 3.63) is 0 Å². The van der Waals surface area contributed by atoms with Crippen molar-refractivity contribution in [2.24, 2.45) is 46.3 Å². The smallest absolute Gasteiger partial charge is 0.303 e. The predicted octanol–water partition coefficient (Wildman–Crippen LogP) is 5.51. The Hall–Kier alpha value is -0.570. The number of hydrogen-bond acceptors (Lipinski definition) is 2. The van der Waals surface area contributed by atoms with E-state index in [0.29, 0.717) is 29.1 Å². The van der Waals surface area contributed by atoms with Crippen LogP contribution >= 0.6 is 0 Å². The minimum Gasteiger partial charge on any atom is -0.481 e. The molecule has 9 atom stereocenters. The maximum atomic E-state index is 11.0. The number of carboxylic acid groups (broad SMARTS) is 1. The zero-order chi connectivity index (χ0) is 19.4. The number of aliphatic hydroxyl groups is 1. The number of rotatable bonds is 4. The average Bonchev–Trinajstić information content (AvgIpc) is 2.97. The van der Waals surface area contributed by atoms with Gasteiger partial charge in [0, 0.05) is 6.42 Å². The van der Waals surface area contributed by atoms with Crippen molar-refractivity contribution in [3.63, 3.8) is 0 Å². The molecular weight excluding hydrogens is 336 g/mol. The molecule has 154 valence electrons. The SMILES string of the molecule is C[C@H](CCC(=O)O)[C@H]1CC[C@H]2[C@@H]3CC[C@H]4C[C@H](O)CC[C@]4(C)[C@H]3CC[C@]12C. The Kier molecular flexibility index (Phi) is 5.15. The van der Waals surface area contributed by atoms with Crippen LogP contribution in [0.15, 0.2) is 0 Å². The van der Waals surface area contributed by atoms with Gasteiger partial charge in [0.15, 0.2) is 0 Å². The summed E-state index contributed by atoms with van der Waals surface area (Å²) in [5.74, 6) is 3.91. The van der Waals surface area contributed by atoms with Gasteiger partial charge in [-0.2, -0.15) is 0 Å². The fourth-order valence-electron chi connectivity index (χ4n) is 8.76. The second-order valence-electron chi connectivity index (χ2n) is 11.2. The summed E-state index contributed by atoms with van der Waals surface area (Å²) < 4.78 is 0. The molecule has 4 rings (SSSR count). The van der Waals surface area contributed by atoms with Crippen molar-refractivity contribution < 1.29 is 15.0 Å². The number of aliphatic carboxylic acids is 1. The molecule has 0 aliphatic heterocycles. The van der Waals surface area contributed by atoms with E-state index in [1.165, 1.54) is 44.9 Å². The lowest BCUT2D eigenvalue weighted by Gasteiger charge is -2.61. The highest BCUT2D eigenvalue weighted by molar-refractivity contribution is 5.66. The summed E-state index contributed by atoms with van der Waals surface area (Å²) in [7, 11) is 0. The molecule has 0 aromatic heterocycles. The monoisotopic (exact) mass is 376 g/mol. The molecule has 27 heavy (non-hydrogen) atoms. The van der Waals surface area contributed by atoms with Crippen molar-refractivity contribution in [1.82, 2.24) is 0 Å². The van der Waals surface area contributed by atoms with Crippen LogP contribution in [-0.4, -0.2) is 22.3 Å². The minimum absolute atomic E-state index is 0.0561. The number of hydrogen-bond donors (Lipinski definition) is 2. The zero-order valence-corrected chi connectivity index (χ0v) is 17.6. The van der Waals surface area contributed by atoms with Crippen molar-refractivity contribution in [2.45, 2.75) is 97.5 Å². The summed E-state index contributed by atoms with van der Waals surface area (Å²) in [5, 5.41) is 19.3. The van der Waals surface area contributed by atoms with Crippen molar-refractivity contribution in [3.8, 4) is 0 Å². The molecule has 4 saturated carbocycles. The highest BCUT2D eigenvalue weighted by atomic mass is 16.4. The van der Waals surface area contributed by atoms with Gasteiger partial charge in [-0.15, -0.1) is 0 Å². The lowest BCUT2D eigenvalue weighted by Crippen LogP contribution is -2.54. The van der Waals surface area contributed by atoms with Gasteiger partial charge in [0.25, 0.3) is 0 Å². The first-order valence-corrected chi connectivity index (χ1v) is 11.7. The molecule has 0 unspecified atom stereocenters. The molecule has 4 fully saturated rings. The molecule has 0 saturated heterocycles. The Morgan fingerprint density at radius 3 is 2.44 bits per heavy atom. The zero-order valence-electron chi connectivity index (χ0n) is 17.6. The lowest BCUT2D eigenvalue weighted by atomic mass is 9.44. The topological polar surface area (TPSA) is 57.5 Å². The van der Waals surface area contributed by atoms with Gasteiger partial charge in [-0.3, -0.25) is 4.79 Å². The van der Waals surface area contributed by atoms with Gasteiger partial charge in [0.05, 0.1) is 6.10 Å². The van der Waals surface area contributed by atoms with Crippen LogP contribution in [-0.2, 0) is 4.79 Å². The number of aliphatic hydroxyl groups excluding tert-OH is 1. The normalized spacial score (nSPS) is 50.4. The molecule has 0 amide bonds. The number of fused-ring (bicyclic) bond motifs is 5. The van der Waals surface area contributed by atoms with Crippen LogP contribution in [0.25, 0.3) is 0 Å². The first kappa shape index (κ1) is 19.7. The summed E-state index contributed by atoms with van der Waals surface area (Å²) in [4.78, 5) is 11.0. The molecular formula is C24H40O3. The first-order valence-electron chi connectivity index (χ1n) is 11.7. The standard InChI is InChI=1S/C24H40O3/c1-15(4-9-22(26)27)19-7-8-20-18-6-5-16-14-17(25)10-12-23(16,2)21(18)11-13-24(19,20)3/h15-21,25H,4-14H2,1-3H3,(H,26,27)/t15-,16+,17-,18+,19-,20+,21+,23+,24-/m1/s1. The Morgan fingerprint density at radius 2 is 1.70 bits per heavy atom. The van der Waals surface area contributed by atoms with Crippen LogP contribution in [0.3, 0.4) is 0 Å². The van der Waals surface area contributed by atoms with Gasteiger partial charge >= 0.3 is 5.97 Å². The first-order chi connectivity index (χ1) is 12.8. The van der Waals surface area contributed by atoms with Gasteiger partial charge in [-0.25, -0.2) is 0 Å². The third kappa shape index (κ3) is 3.16. The van der Waals surface area contributed by atoms with Crippen LogP contribution in [0.1, 0.15) is 91.4 Å². The van der Waals surface area contributed by atoms with Crippen LogP contribution in [0, 0.1) is 46.3 Å². The molecule has 4 aliphatic carbocycles. The van der Waals surface area contributed by atoms with E-state index in [1.54, 1.807) is 0 Å². The average molecular weight is 377 g/mol. The van der Waals surface area contributed by atoms with Gasteiger partial charge in [0.1, 0.15) is 0 Å². The Bertz CT molecular complexity index is 574. The molecule has 0 radical (unpaired) electrons. The fraction of sp³-hybridized carbons (Fsp3) is 0.958. The molecule has 0 aromatic carbocycles. The second kappa shape index (κ2) is 7.04. The molecule has 0 bridgehead atoms. The van der Waals surface area contributed by atoms with Gasteiger partial charge in [-0.1, -0.05) is 20.8 Å². The largest absolute Gasteiger partial charge is 0.481 e. The van der Waals surface area contributed by atoms with E-state index in [0.717, 1.165) is 42.9 Å². The highest BCUT2D eigenvalue weighted by Gasteiger charge is 2.60. The van der Waals surface area contributed by atoms with E-state index >= 15 is 0 Å². The summed E-state index contributed by atoms with van der Waals surface area (Å²) >= 11 is 0. The van der Waals surface area contributed by atoms with E-state index in [1.807, 2.05) is 0 Å². The maximum absolute atomic E-state index is 11.0. The second-order valence-corrected chi connectivity index (χ2v) is 11.2. The van der Waals surface area contributed by atoms with E-state index in [4.69, 9.17) is 5.11 Å². The van der Waals surface area contributed by atoms with E-state index in [9.17, 15) is 9.90 Å². The fourth-order valence-corrected chi connectivity index (χ4v) is 8.76. The number of carboxylic acids is 1. The summed E-state index contributed by atoms with van der Waals surface area (Å²) in [5.41, 5.74) is 0.882. The van der Waals surface area contributed by atoms with E-state index in [2.05, 4.69) is 20.8 Å². The van der Waals surface area contributed by atoms with Crippen LogP contribution < -0.4 is 0 Å². The molecule has 0 spiro atoms. The van der Waals surface area contributed by atoms with Crippen LogP contribution in [0.4, 0.5) is 0 Å². The van der Waals surface area contributed by atoms with E-state index in [-0.39, 0.29) is 6.10 Å². The van der Waals surface area contributed by atoms with Crippen LogP contribution in [0.2, 0.25) is 0 Å². The quantitative estimate of drug-likeness (QED) is 0.680. The van der Waals surface area contributed by atoms with Gasteiger partial charge in [0.2, 0.25) is 0 Å². The summed E-state index contributed by atoms with van der Waals surface area (Å²) in [6, 6.07) is 0. The van der Waals surface area contributed by atoms with Crippen molar-refractivity contribution in [1.29, 1.82) is 0 Å². The molecule has 3 heteroatoms. The molecule has 2 N–H and O–H groups in total. The predicted molar refractivity (Wildman–Crippen MR) is 107 cm³/mol. The highest BCUT2D eigenvalue weighted by Crippen LogP contribution is 2.68. The van der Waals surface area contributed by atoms with E-state index < -0.39 is 5.97 Å². The summed E-state index contributed by atoms with van der Waals surface area (Å²) in [6.07, 6.45) is 12.4. The lowest BCUT2D eigenvalue weighted by molar-refractivity contribution is -0.138. The third-order valence-electron chi connectivity index (χ3n) is 10.2. The minimum atomic E-state index is -0.643. The third-order valence-corrected chi connectivity index (χ3v) is 10.2. The van der Waals surface area contributed by atoms with Gasteiger partial charge in [-0.05, 0) is 111 Å². The molecule has 4 aliphatic rings. The molecule has 0 heterocycles.